The predicted octanol–water partition coefficient (Wildman–Crippen LogP) is 5.53. The van der Waals surface area contributed by atoms with Crippen molar-refractivity contribution < 1.29 is 17.6 Å². The number of sulfonamides is 1. The topological polar surface area (TPSA) is 100 Å². The molecule has 2 amide bonds. The highest BCUT2D eigenvalue weighted by atomic mass is 35.5. The molecule has 31 heavy (non-hydrogen) atoms. The maximum atomic E-state index is 13.2. The van der Waals surface area contributed by atoms with Crippen molar-refractivity contribution in [1.82, 2.24) is 4.98 Å². The number of hydrogen-bond acceptors (Lipinski definition) is 5. The first kappa shape index (κ1) is 21.0. The Bertz CT molecular complexity index is 1380. The molecule has 0 aliphatic rings. The lowest BCUT2D eigenvalue weighted by molar-refractivity contribution is 0.262. The van der Waals surface area contributed by atoms with Gasteiger partial charge in [0.1, 0.15) is 5.82 Å². The van der Waals surface area contributed by atoms with Gasteiger partial charge in [0.2, 0.25) is 0 Å². The molecule has 7 nitrogen and oxygen atoms in total. The van der Waals surface area contributed by atoms with Crippen LogP contribution in [0.2, 0.25) is 5.02 Å². The normalized spacial score (nSPS) is 11.3. The van der Waals surface area contributed by atoms with Gasteiger partial charge >= 0.3 is 6.03 Å². The van der Waals surface area contributed by atoms with Crippen LogP contribution in [0.15, 0.2) is 71.6 Å². The minimum Gasteiger partial charge on any atom is -0.308 e. The highest BCUT2D eigenvalue weighted by Crippen LogP contribution is 2.29. The number of nitrogens with one attached hydrogen (secondary N) is 3. The quantitative estimate of drug-likeness (QED) is 0.352. The van der Waals surface area contributed by atoms with Crippen LogP contribution in [0.3, 0.4) is 0 Å². The zero-order valence-corrected chi connectivity index (χ0v) is 18.0. The van der Waals surface area contributed by atoms with Crippen molar-refractivity contribution in [1.29, 1.82) is 0 Å². The largest absolute Gasteiger partial charge is 0.323 e. The van der Waals surface area contributed by atoms with Gasteiger partial charge in [-0.15, -0.1) is 0 Å². The molecule has 158 valence electrons. The molecule has 0 aliphatic carbocycles. The van der Waals surface area contributed by atoms with Crippen molar-refractivity contribution in [2.75, 3.05) is 15.4 Å². The maximum absolute atomic E-state index is 13.2. The Morgan fingerprint density at radius 1 is 0.968 bits per heavy atom. The van der Waals surface area contributed by atoms with Crippen molar-refractivity contribution in [3.8, 4) is 0 Å². The summed E-state index contributed by atoms with van der Waals surface area (Å²) < 4.78 is 41.4. The molecule has 4 rings (SSSR count). The average Bonchev–Trinajstić information content (AvgIpc) is 3.12. The molecule has 4 aromatic rings. The van der Waals surface area contributed by atoms with Gasteiger partial charge in [0.25, 0.3) is 10.0 Å². The Morgan fingerprint density at radius 3 is 2.35 bits per heavy atom. The van der Waals surface area contributed by atoms with Crippen LogP contribution < -0.4 is 15.4 Å². The van der Waals surface area contributed by atoms with E-state index in [1.807, 2.05) is 0 Å². The molecule has 1 heterocycles. The monoisotopic (exact) mass is 476 g/mol. The Hall–Kier alpha value is -3.21. The highest BCUT2D eigenvalue weighted by molar-refractivity contribution is 7.93. The highest BCUT2D eigenvalue weighted by Gasteiger charge is 2.16. The molecule has 0 fully saturated rings. The maximum Gasteiger partial charge on any atom is 0.323 e. The minimum atomic E-state index is -3.75. The number of carbonyl (C=O) groups is 1. The van der Waals surface area contributed by atoms with Gasteiger partial charge < -0.3 is 10.6 Å². The lowest BCUT2D eigenvalue weighted by atomic mass is 10.3. The van der Waals surface area contributed by atoms with Crippen LogP contribution in [-0.2, 0) is 10.0 Å². The van der Waals surface area contributed by atoms with E-state index >= 15 is 0 Å². The summed E-state index contributed by atoms with van der Waals surface area (Å²) in [6.07, 6.45) is 0. The summed E-state index contributed by atoms with van der Waals surface area (Å²) in [6, 6.07) is 16.3. The van der Waals surface area contributed by atoms with E-state index in [2.05, 4.69) is 20.3 Å². The Kier molecular flexibility index (Phi) is 5.77. The molecule has 0 aliphatic heterocycles. The van der Waals surface area contributed by atoms with E-state index in [9.17, 15) is 17.6 Å². The van der Waals surface area contributed by atoms with Crippen LogP contribution in [0.5, 0.6) is 0 Å². The van der Waals surface area contributed by atoms with Gasteiger partial charge in [0, 0.05) is 11.4 Å². The lowest BCUT2D eigenvalue weighted by Crippen LogP contribution is -2.19. The molecule has 11 heteroatoms. The van der Waals surface area contributed by atoms with Crippen LogP contribution in [0, 0.1) is 5.82 Å². The summed E-state index contributed by atoms with van der Waals surface area (Å²) in [6.45, 7) is 0. The van der Waals surface area contributed by atoms with E-state index in [0.717, 1.165) is 10.8 Å². The van der Waals surface area contributed by atoms with Crippen LogP contribution in [0.1, 0.15) is 0 Å². The zero-order valence-electron chi connectivity index (χ0n) is 15.6. The summed E-state index contributed by atoms with van der Waals surface area (Å²) in [5.74, 6) is -0.583. The molecule has 0 saturated carbocycles. The number of benzene rings is 3. The van der Waals surface area contributed by atoms with Crippen molar-refractivity contribution in [2.45, 2.75) is 4.90 Å². The number of carbonyl (C=O) groups excluding carboxylic acids is 1. The third-order valence-electron chi connectivity index (χ3n) is 4.10. The van der Waals surface area contributed by atoms with Gasteiger partial charge in [0.15, 0.2) is 5.13 Å². The van der Waals surface area contributed by atoms with Crippen LogP contribution >= 0.6 is 22.9 Å². The minimum absolute atomic E-state index is 0.104. The number of nitrogens with zero attached hydrogens (tertiary/aromatic N) is 1. The van der Waals surface area contributed by atoms with Crippen molar-refractivity contribution in [3.05, 3.63) is 77.6 Å². The van der Waals surface area contributed by atoms with Gasteiger partial charge in [0.05, 0.1) is 20.1 Å². The third kappa shape index (κ3) is 4.93. The van der Waals surface area contributed by atoms with E-state index in [4.69, 9.17) is 11.6 Å². The number of thiazole rings is 1. The van der Waals surface area contributed by atoms with Gasteiger partial charge in [-0.3, -0.25) is 4.72 Å². The van der Waals surface area contributed by atoms with E-state index < -0.39 is 21.9 Å². The summed E-state index contributed by atoms with van der Waals surface area (Å²) in [5.41, 5.74) is 1.29. The fourth-order valence-electron chi connectivity index (χ4n) is 2.69. The molecule has 0 atom stereocenters. The standard InChI is InChI=1S/C20H14ClFN4O3S2/c21-15-10-12(6-8-16(15)22)23-19(27)24-13-7-9-18-17(11-13)25-20(30-18)26-31(28,29)14-4-2-1-3-5-14/h1-11H,(H,25,26)(H2,23,24,27). The predicted molar refractivity (Wildman–Crippen MR) is 121 cm³/mol. The number of halogens is 2. The van der Waals surface area contributed by atoms with E-state index in [1.165, 1.54) is 35.6 Å². The second kappa shape index (κ2) is 8.50. The summed E-state index contributed by atoms with van der Waals surface area (Å²) in [4.78, 5) is 16.6. The summed E-state index contributed by atoms with van der Waals surface area (Å²) in [5, 5.41) is 5.29. The van der Waals surface area contributed by atoms with Gasteiger partial charge in [-0.2, -0.15) is 0 Å². The van der Waals surface area contributed by atoms with Crippen molar-refractivity contribution >= 4 is 65.7 Å². The van der Waals surface area contributed by atoms with Crippen molar-refractivity contribution in [2.24, 2.45) is 0 Å². The Labute approximate surface area is 185 Å². The second-order valence-corrected chi connectivity index (χ2v) is 9.45. The Morgan fingerprint density at radius 2 is 1.65 bits per heavy atom. The smallest absolute Gasteiger partial charge is 0.308 e. The second-order valence-electron chi connectivity index (χ2n) is 6.33. The molecular weight excluding hydrogens is 463 g/mol. The van der Waals surface area contributed by atoms with E-state index in [-0.39, 0.29) is 15.0 Å². The zero-order chi connectivity index (χ0) is 22.0. The van der Waals surface area contributed by atoms with E-state index in [1.54, 1.807) is 36.4 Å². The molecule has 0 saturated heterocycles. The van der Waals surface area contributed by atoms with Gasteiger partial charge in [-0.05, 0) is 48.5 Å². The molecule has 0 bridgehead atoms. The van der Waals surface area contributed by atoms with Crippen LogP contribution in [0.4, 0.5) is 25.7 Å². The molecule has 3 aromatic carbocycles. The number of urea groups is 1. The lowest BCUT2D eigenvalue weighted by Gasteiger charge is -2.08. The number of rotatable bonds is 5. The van der Waals surface area contributed by atoms with Gasteiger partial charge in [-0.1, -0.05) is 41.1 Å². The van der Waals surface area contributed by atoms with Crippen molar-refractivity contribution in [3.63, 3.8) is 0 Å². The molecule has 0 spiro atoms. The number of hydrogen-bond donors (Lipinski definition) is 3. The SMILES string of the molecule is O=C(Nc1ccc(F)c(Cl)c1)Nc1ccc2sc(NS(=O)(=O)c3ccccc3)nc2c1. The fourth-order valence-corrected chi connectivity index (χ4v) is 4.97. The molecule has 0 unspecified atom stereocenters. The number of amides is 2. The first-order chi connectivity index (χ1) is 14.8. The van der Waals surface area contributed by atoms with Crippen LogP contribution in [-0.4, -0.2) is 19.4 Å². The summed E-state index contributed by atoms with van der Waals surface area (Å²) >= 11 is 6.88. The van der Waals surface area contributed by atoms with Crippen LogP contribution in [0.25, 0.3) is 10.2 Å². The number of aromatic nitrogens is 1. The Balaban J connectivity index is 1.48. The summed E-state index contributed by atoms with van der Waals surface area (Å²) in [7, 11) is -3.75. The molecule has 3 N–H and O–H groups in total. The molecule has 0 radical (unpaired) electrons. The van der Waals surface area contributed by atoms with Gasteiger partial charge in [-0.25, -0.2) is 22.6 Å². The third-order valence-corrected chi connectivity index (χ3v) is 6.82. The molecular formula is C20H14ClFN4O3S2. The number of anilines is 3. The molecule has 1 aromatic heterocycles. The average molecular weight is 477 g/mol. The first-order valence-electron chi connectivity index (χ1n) is 8.82. The first-order valence-corrected chi connectivity index (χ1v) is 11.5. The number of fused-ring (bicyclic) bond motifs is 1. The van der Waals surface area contributed by atoms with E-state index in [0.29, 0.717) is 16.9 Å². The fraction of sp³-hybridized carbons (Fsp3) is 0.